The molecule has 0 aromatic carbocycles. The first-order chi connectivity index (χ1) is 5.25. The van der Waals surface area contributed by atoms with Crippen molar-refractivity contribution in [1.82, 2.24) is 20.6 Å². The molecule has 1 aromatic rings. The second-order valence-electron chi connectivity index (χ2n) is 2.72. The molecule has 0 radical (unpaired) electrons. The summed E-state index contributed by atoms with van der Waals surface area (Å²) in [6.45, 7) is 6.19. The van der Waals surface area contributed by atoms with Crippen LogP contribution in [0, 0.1) is 0 Å². The Labute approximate surface area is 66.0 Å². The second-order valence-corrected chi connectivity index (χ2v) is 2.72. The van der Waals surface area contributed by atoms with Crippen LogP contribution in [-0.4, -0.2) is 20.6 Å². The number of rotatable bonds is 2. The van der Waals surface area contributed by atoms with E-state index in [1.165, 1.54) is 0 Å². The van der Waals surface area contributed by atoms with Gasteiger partial charge in [-0.2, -0.15) is 0 Å². The van der Waals surface area contributed by atoms with Crippen molar-refractivity contribution in [3.8, 4) is 0 Å². The molecule has 0 aliphatic heterocycles. The fourth-order valence-electron chi connectivity index (χ4n) is 0.952. The van der Waals surface area contributed by atoms with Crippen LogP contribution < -0.4 is 0 Å². The number of aromatic nitrogens is 4. The molecule has 0 saturated carbocycles. The quantitative estimate of drug-likeness (QED) is 0.633. The van der Waals surface area contributed by atoms with Gasteiger partial charge in [0.15, 0.2) is 0 Å². The second kappa shape index (κ2) is 3.37. The Morgan fingerprint density at radius 3 is 2.27 bits per heavy atom. The van der Waals surface area contributed by atoms with E-state index in [0.29, 0.717) is 5.92 Å². The average Bonchev–Trinajstić information content (AvgIpc) is 2.04. The molecule has 1 aromatic heterocycles. The van der Waals surface area contributed by atoms with Crippen LogP contribution in [0.2, 0.25) is 0 Å². The van der Waals surface area contributed by atoms with E-state index in [9.17, 15) is 0 Å². The summed E-state index contributed by atoms with van der Waals surface area (Å²) in [5.41, 5.74) is 1.91. The zero-order valence-electron chi connectivity index (χ0n) is 7.07. The monoisotopic (exact) mass is 152 g/mol. The summed E-state index contributed by atoms with van der Waals surface area (Å²) in [5, 5.41) is 14.8. The lowest BCUT2D eigenvalue weighted by atomic mass is 10.1. The summed E-state index contributed by atoms with van der Waals surface area (Å²) >= 11 is 0. The van der Waals surface area contributed by atoms with Crippen LogP contribution in [0.1, 0.15) is 38.1 Å². The zero-order chi connectivity index (χ0) is 8.27. The van der Waals surface area contributed by atoms with Gasteiger partial charge in [-0.25, -0.2) is 0 Å². The standard InChI is InChI=1S/C7H12N4/c1-4-6-7(5(2)3)9-11-10-8-6/h5H,4H2,1-3H3. The topological polar surface area (TPSA) is 51.6 Å². The lowest BCUT2D eigenvalue weighted by Gasteiger charge is -2.04. The first-order valence-electron chi connectivity index (χ1n) is 3.80. The van der Waals surface area contributed by atoms with Crippen LogP contribution in [0.25, 0.3) is 0 Å². The molecule has 4 nitrogen and oxygen atoms in total. The lowest BCUT2D eigenvalue weighted by Crippen LogP contribution is -2.06. The summed E-state index contributed by atoms with van der Waals surface area (Å²) < 4.78 is 0. The van der Waals surface area contributed by atoms with Crippen molar-refractivity contribution in [1.29, 1.82) is 0 Å². The van der Waals surface area contributed by atoms with Crippen molar-refractivity contribution in [2.45, 2.75) is 33.1 Å². The third kappa shape index (κ3) is 1.69. The molecule has 0 fully saturated rings. The van der Waals surface area contributed by atoms with Gasteiger partial charge in [-0.1, -0.05) is 20.8 Å². The van der Waals surface area contributed by atoms with Gasteiger partial charge in [0.25, 0.3) is 0 Å². The minimum atomic E-state index is 0.382. The molecule has 1 heterocycles. The summed E-state index contributed by atoms with van der Waals surface area (Å²) in [6.07, 6.45) is 0.871. The predicted molar refractivity (Wildman–Crippen MR) is 41.1 cm³/mol. The summed E-state index contributed by atoms with van der Waals surface area (Å²) in [5.74, 6) is 0.382. The number of hydrogen-bond donors (Lipinski definition) is 0. The van der Waals surface area contributed by atoms with Crippen LogP contribution in [0.5, 0.6) is 0 Å². The summed E-state index contributed by atoms with van der Waals surface area (Å²) in [4.78, 5) is 0. The molecule has 1 rings (SSSR count). The zero-order valence-corrected chi connectivity index (χ0v) is 7.07. The van der Waals surface area contributed by atoms with Gasteiger partial charge in [0.1, 0.15) is 0 Å². The largest absolute Gasteiger partial charge is 0.132 e. The predicted octanol–water partition coefficient (Wildman–Crippen LogP) is 0.952. The van der Waals surface area contributed by atoms with Crippen molar-refractivity contribution in [3.05, 3.63) is 11.4 Å². The number of hydrogen-bond acceptors (Lipinski definition) is 4. The van der Waals surface area contributed by atoms with E-state index in [1.807, 2.05) is 6.92 Å². The average molecular weight is 152 g/mol. The van der Waals surface area contributed by atoms with Gasteiger partial charge >= 0.3 is 0 Å². The highest BCUT2D eigenvalue weighted by Crippen LogP contribution is 2.12. The molecular weight excluding hydrogens is 140 g/mol. The fourth-order valence-corrected chi connectivity index (χ4v) is 0.952. The van der Waals surface area contributed by atoms with E-state index in [4.69, 9.17) is 0 Å². The molecule has 60 valence electrons. The third-order valence-electron chi connectivity index (χ3n) is 1.54. The van der Waals surface area contributed by atoms with Gasteiger partial charge < -0.3 is 0 Å². The summed E-state index contributed by atoms with van der Waals surface area (Å²) in [7, 11) is 0. The normalized spacial score (nSPS) is 10.5. The number of nitrogens with zero attached hydrogens (tertiary/aromatic N) is 4. The van der Waals surface area contributed by atoms with Gasteiger partial charge in [-0.3, -0.25) is 0 Å². The van der Waals surface area contributed by atoms with Crippen molar-refractivity contribution >= 4 is 0 Å². The third-order valence-corrected chi connectivity index (χ3v) is 1.54. The van der Waals surface area contributed by atoms with E-state index < -0.39 is 0 Å². The van der Waals surface area contributed by atoms with Gasteiger partial charge in [-0.15, -0.1) is 10.2 Å². The lowest BCUT2D eigenvalue weighted by molar-refractivity contribution is 0.654. The Morgan fingerprint density at radius 2 is 1.82 bits per heavy atom. The summed E-state index contributed by atoms with van der Waals surface area (Å²) in [6, 6.07) is 0. The van der Waals surface area contributed by atoms with Crippen molar-refractivity contribution in [3.63, 3.8) is 0 Å². The molecular formula is C7H12N4. The maximum Gasteiger partial charge on any atom is 0.0908 e. The smallest absolute Gasteiger partial charge is 0.0908 e. The highest BCUT2D eigenvalue weighted by atomic mass is 15.4. The highest BCUT2D eigenvalue weighted by Gasteiger charge is 2.07. The van der Waals surface area contributed by atoms with Crippen LogP contribution in [0.4, 0.5) is 0 Å². The van der Waals surface area contributed by atoms with Gasteiger partial charge in [-0.05, 0) is 22.8 Å². The molecule has 0 bridgehead atoms. The van der Waals surface area contributed by atoms with E-state index in [2.05, 4.69) is 34.5 Å². The van der Waals surface area contributed by atoms with Gasteiger partial charge in [0, 0.05) is 0 Å². The minimum absolute atomic E-state index is 0.382. The highest BCUT2D eigenvalue weighted by molar-refractivity contribution is 5.10. The SMILES string of the molecule is CCc1nnnnc1C(C)C. The van der Waals surface area contributed by atoms with Crippen LogP contribution in [0.15, 0.2) is 0 Å². The molecule has 0 N–H and O–H groups in total. The molecule has 0 amide bonds. The minimum Gasteiger partial charge on any atom is -0.132 e. The molecule has 11 heavy (non-hydrogen) atoms. The Kier molecular flexibility index (Phi) is 2.46. The van der Waals surface area contributed by atoms with E-state index in [-0.39, 0.29) is 0 Å². The Hall–Kier alpha value is -1.06. The maximum absolute atomic E-state index is 3.93. The van der Waals surface area contributed by atoms with Crippen LogP contribution in [-0.2, 0) is 6.42 Å². The van der Waals surface area contributed by atoms with E-state index >= 15 is 0 Å². The van der Waals surface area contributed by atoms with Crippen molar-refractivity contribution in [2.75, 3.05) is 0 Å². The molecule has 0 aliphatic rings. The van der Waals surface area contributed by atoms with E-state index in [1.54, 1.807) is 0 Å². The Morgan fingerprint density at radius 1 is 1.18 bits per heavy atom. The molecule has 0 aliphatic carbocycles. The van der Waals surface area contributed by atoms with Crippen molar-refractivity contribution < 1.29 is 0 Å². The van der Waals surface area contributed by atoms with Crippen LogP contribution >= 0.6 is 0 Å². The van der Waals surface area contributed by atoms with E-state index in [0.717, 1.165) is 17.8 Å². The van der Waals surface area contributed by atoms with Crippen molar-refractivity contribution in [2.24, 2.45) is 0 Å². The fraction of sp³-hybridized carbons (Fsp3) is 0.714. The molecule has 0 atom stereocenters. The first-order valence-corrected chi connectivity index (χ1v) is 3.80. The number of aryl methyl sites for hydroxylation is 1. The first kappa shape index (κ1) is 8.04. The van der Waals surface area contributed by atoms with Gasteiger partial charge in [0.2, 0.25) is 0 Å². The Balaban J connectivity index is 3.02. The molecule has 0 saturated heterocycles. The molecule has 0 spiro atoms. The molecule has 4 heteroatoms. The van der Waals surface area contributed by atoms with Crippen LogP contribution in [0.3, 0.4) is 0 Å². The Bertz CT molecular complexity index is 234. The van der Waals surface area contributed by atoms with Gasteiger partial charge in [0.05, 0.1) is 11.4 Å². The molecule has 0 unspecified atom stereocenters. The maximum atomic E-state index is 3.93.